The third-order valence-corrected chi connectivity index (χ3v) is 7.36. The second kappa shape index (κ2) is 13.7. The predicted molar refractivity (Wildman–Crippen MR) is 161 cm³/mol. The summed E-state index contributed by atoms with van der Waals surface area (Å²) in [5.74, 6) is 0.00362. The van der Waals surface area contributed by atoms with Gasteiger partial charge in [-0.15, -0.1) is 0 Å². The van der Waals surface area contributed by atoms with Crippen LogP contribution in [0.3, 0.4) is 0 Å². The quantitative estimate of drug-likeness (QED) is 0.177. The Morgan fingerprint density at radius 1 is 0.775 bits per heavy atom. The summed E-state index contributed by atoms with van der Waals surface area (Å²) in [4.78, 5) is 11.4. The molecule has 4 rings (SSSR count). The van der Waals surface area contributed by atoms with Crippen molar-refractivity contribution < 1.29 is 20.1 Å². The fourth-order valence-corrected chi connectivity index (χ4v) is 5.71. The smallest absolute Gasteiger partial charge is 0.132 e. The molecule has 5 nitrogen and oxygen atoms in total. The zero-order valence-corrected chi connectivity index (χ0v) is 23.7. The van der Waals surface area contributed by atoms with Gasteiger partial charge in [0.1, 0.15) is 5.78 Å². The fourth-order valence-electron chi connectivity index (χ4n) is 5.71. The number of carbonyl (C=O) groups excluding carboxylic acids is 1. The molecule has 0 radical (unpaired) electrons. The number of aromatic nitrogens is 1. The molecule has 1 unspecified atom stereocenters. The molecule has 5 heteroatoms. The minimum Gasteiger partial charge on any atom is -0.393 e. The van der Waals surface area contributed by atoms with Crippen LogP contribution in [0.15, 0.2) is 91.0 Å². The van der Waals surface area contributed by atoms with Crippen molar-refractivity contribution in [2.45, 2.75) is 77.2 Å². The van der Waals surface area contributed by atoms with Crippen LogP contribution >= 0.6 is 0 Å². The molecule has 0 bridgehead atoms. The van der Waals surface area contributed by atoms with Gasteiger partial charge in [0.15, 0.2) is 0 Å². The van der Waals surface area contributed by atoms with E-state index < -0.39 is 18.3 Å². The molecule has 0 amide bonds. The second-order valence-corrected chi connectivity index (χ2v) is 11.0. The van der Waals surface area contributed by atoms with Gasteiger partial charge in [0.25, 0.3) is 0 Å². The predicted octanol–water partition coefficient (Wildman–Crippen LogP) is 6.70. The summed E-state index contributed by atoms with van der Waals surface area (Å²) >= 11 is 0. The van der Waals surface area contributed by atoms with E-state index in [1.807, 2.05) is 66.7 Å². The molecule has 0 aliphatic carbocycles. The summed E-state index contributed by atoms with van der Waals surface area (Å²) < 4.78 is 2.26. The lowest BCUT2D eigenvalue weighted by Crippen LogP contribution is -2.22. The molecule has 0 saturated carbocycles. The molecular formula is C35H41NO4. The number of hydrogen-bond donors (Lipinski definition) is 3. The van der Waals surface area contributed by atoms with E-state index in [9.17, 15) is 20.1 Å². The van der Waals surface area contributed by atoms with Crippen LogP contribution in [0, 0.1) is 0 Å². The highest BCUT2D eigenvalue weighted by atomic mass is 16.3. The lowest BCUT2D eigenvalue weighted by atomic mass is 9.89. The van der Waals surface area contributed by atoms with Gasteiger partial charge in [-0.1, -0.05) is 105 Å². The van der Waals surface area contributed by atoms with Crippen LogP contribution in [0.2, 0.25) is 0 Å². The molecule has 0 fully saturated rings. The Hall–Kier alpha value is -3.51. The maximum absolute atomic E-state index is 11.9. The van der Waals surface area contributed by atoms with E-state index in [1.54, 1.807) is 0 Å². The van der Waals surface area contributed by atoms with Crippen molar-refractivity contribution in [1.82, 2.24) is 4.57 Å². The molecule has 40 heavy (non-hydrogen) atoms. The summed E-state index contributed by atoms with van der Waals surface area (Å²) in [5, 5.41) is 33.0. The van der Waals surface area contributed by atoms with Gasteiger partial charge in [-0.05, 0) is 42.4 Å². The molecule has 4 aromatic rings. The van der Waals surface area contributed by atoms with Crippen molar-refractivity contribution in [2.24, 2.45) is 0 Å². The van der Waals surface area contributed by atoms with Crippen LogP contribution in [0.25, 0.3) is 22.4 Å². The van der Waals surface area contributed by atoms with E-state index in [2.05, 4.69) is 42.7 Å². The zero-order valence-electron chi connectivity index (χ0n) is 23.7. The number of ketones is 1. The summed E-state index contributed by atoms with van der Waals surface area (Å²) in [6.45, 7) is 6.23. The zero-order chi connectivity index (χ0) is 28.6. The van der Waals surface area contributed by atoms with Gasteiger partial charge in [-0.25, -0.2) is 0 Å². The first-order valence-electron chi connectivity index (χ1n) is 14.2. The van der Waals surface area contributed by atoms with Crippen molar-refractivity contribution in [1.29, 1.82) is 0 Å². The van der Waals surface area contributed by atoms with Crippen molar-refractivity contribution in [3.8, 4) is 22.4 Å². The first-order chi connectivity index (χ1) is 19.3. The Balaban J connectivity index is 1.86. The molecular weight excluding hydrogens is 498 g/mol. The molecule has 3 N–H and O–H groups in total. The van der Waals surface area contributed by atoms with Crippen LogP contribution in [0.5, 0.6) is 0 Å². The van der Waals surface area contributed by atoms with Crippen molar-refractivity contribution in [3.63, 3.8) is 0 Å². The highest BCUT2D eigenvalue weighted by Gasteiger charge is 2.30. The van der Waals surface area contributed by atoms with Gasteiger partial charge >= 0.3 is 0 Å². The summed E-state index contributed by atoms with van der Waals surface area (Å²) in [6.07, 6.45) is -1.28. The van der Waals surface area contributed by atoms with Crippen LogP contribution in [-0.4, -0.2) is 37.9 Å². The number of carbonyl (C=O) groups is 1. The van der Waals surface area contributed by atoms with E-state index in [4.69, 9.17) is 0 Å². The van der Waals surface area contributed by atoms with E-state index in [0.717, 1.165) is 39.2 Å². The van der Waals surface area contributed by atoms with Crippen LogP contribution in [0.4, 0.5) is 0 Å². The molecule has 0 aliphatic heterocycles. The molecule has 0 spiro atoms. The molecule has 3 atom stereocenters. The van der Waals surface area contributed by atoms with E-state index in [1.165, 1.54) is 6.92 Å². The Labute approximate surface area is 237 Å². The van der Waals surface area contributed by atoms with Gasteiger partial charge in [0.2, 0.25) is 0 Å². The third-order valence-electron chi connectivity index (χ3n) is 7.36. The van der Waals surface area contributed by atoms with Crippen LogP contribution < -0.4 is 0 Å². The number of hydrogen-bond acceptors (Lipinski definition) is 4. The lowest BCUT2D eigenvalue weighted by molar-refractivity contribution is -0.119. The fraction of sp³-hybridized carbons (Fsp3) is 0.343. The normalized spacial score (nSPS) is 13.8. The van der Waals surface area contributed by atoms with Crippen molar-refractivity contribution in [3.05, 3.63) is 108 Å². The SMILES string of the molecule is CC(=O)C[C@H](O)C[C@H](O)CCn1c(-c2ccccc2)c(-c2ccccc2)c(C(O)Cc2ccccc2)c1C(C)C. The standard InChI is InChI=1S/C35H41NO4/c1-24(2)34-33(31(40)22-26-13-7-4-8-14-26)32(27-15-9-5-10-16-27)35(28-17-11-6-12-18-28)36(34)20-19-29(38)23-30(39)21-25(3)37/h4-18,24,29-31,38-40H,19-23H2,1-3H3/t29-,30+,31?/m1/s1. The lowest BCUT2D eigenvalue weighted by Gasteiger charge is -2.21. The monoisotopic (exact) mass is 539 g/mol. The largest absolute Gasteiger partial charge is 0.393 e. The Bertz CT molecular complexity index is 1360. The number of Topliss-reactive ketones (excluding diaryl/α,β-unsaturated/α-hetero) is 1. The molecule has 210 valence electrons. The van der Waals surface area contributed by atoms with Crippen molar-refractivity contribution in [2.75, 3.05) is 0 Å². The van der Waals surface area contributed by atoms with Gasteiger partial charge in [0.05, 0.1) is 24.0 Å². The number of aliphatic hydroxyl groups excluding tert-OH is 3. The van der Waals surface area contributed by atoms with Crippen LogP contribution in [0.1, 0.15) is 68.9 Å². The summed E-state index contributed by atoms with van der Waals surface area (Å²) in [7, 11) is 0. The first-order valence-corrected chi connectivity index (χ1v) is 14.2. The molecule has 1 heterocycles. The minimum absolute atomic E-state index is 0.0427. The Morgan fingerprint density at radius 2 is 1.32 bits per heavy atom. The molecule has 3 aromatic carbocycles. The van der Waals surface area contributed by atoms with Gasteiger partial charge in [-0.2, -0.15) is 0 Å². The topological polar surface area (TPSA) is 82.7 Å². The third kappa shape index (κ3) is 7.16. The van der Waals surface area contributed by atoms with E-state index >= 15 is 0 Å². The highest BCUT2D eigenvalue weighted by molar-refractivity contribution is 5.86. The molecule has 0 aliphatic rings. The van der Waals surface area contributed by atoms with Gasteiger partial charge < -0.3 is 19.9 Å². The highest BCUT2D eigenvalue weighted by Crippen LogP contribution is 2.45. The van der Waals surface area contributed by atoms with Gasteiger partial charge in [0, 0.05) is 36.2 Å². The number of rotatable bonds is 13. The summed E-state index contributed by atoms with van der Waals surface area (Å²) in [5.41, 5.74) is 7.09. The Kier molecular flexibility index (Phi) is 10.1. The molecule has 1 aromatic heterocycles. The average Bonchev–Trinajstić information content (AvgIpc) is 3.28. The molecule has 0 saturated heterocycles. The van der Waals surface area contributed by atoms with Crippen LogP contribution in [-0.2, 0) is 17.8 Å². The Morgan fingerprint density at radius 3 is 1.88 bits per heavy atom. The number of benzene rings is 3. The number of nitrogens with zero attached hydrogens (tertiary/aromatic N) is 1. The first kappa shape index (κ1) is 29.5. The van der Waals surface area contributed by atoms with E-state index in [-0.39, 0.29) is 24.5 Å². The average molecular weight is 540 g/mol. The maximum Gasteiger partial charge on any atom is 0.132 e. The number of aliphatic hydroxyl groups is 3. The van der Waals surface area contributed by atoms with Gasteiger partial charge in [-0.3, -0.25) is 4.79 Å². The second-order valence-electron chi connectivity index (χ2n) is 11.0. The van der Waals surface area contributed by atoms with E-state index in [0.29, 0.717) is 19.4 Å². The summed E-state index contributed by atoms with van der Waals surface area (Å²) in [6, 6.07) is 30.4. The van der Waals surface area contributed by atoms with Crippen molar-refractivity contribution >= 4 is 5.78 Å². The maximum atomic E-state index is 11.9. The minimum atomic E-state index is -0.863.